The summed E-state index contributed by atoms with van der Waals surface area (Å²) in [6, 6.07) is 6.31. The Morgan fingerprint density at radius 2 is 1.95 bits per heavy atom. The topological polar surface area (TPSA) is 25.4 Å². The molecule has 19 heavy (non-hydrogen) atoms. The fourth-order valence-corrected chi connectivity index (χ4v) is 2.73. The normalized spacial score (nSPS) is 16.1. The SMILES string of the molecule is Cc1nc2ccc(N3CCOCC3)cc2c(Cl)c1C. The monoisotopic (exact) mass is 276 g/mol. The van der Waals surface area contributed by atoms with Crippen molar-refractivity contribution in [3.05, 3.63) is 34.5 Å². The highest BCUT2D eigenvalue weighted by Gasteiger charge is 2.13. The van der Waals surface area contributed by atoms with E-state index >= 15 is 0 Å². The van der Waals surface area contributed by atoms with E-state index in [2.05, 4.69) is 28.1 Å². The van der Waals surface area contributed by atoms with Gasteiger partial charge in [-0.25, -0.2) is 0 Å². The number of morpholine rings is 1. The highest BCUT2D eigenvalue weighted by molar-refractivity contribution is 6.36. The van der Waals surface area contributed by atoms with Crippen molar-refractivity contribution >= 4 is 28.2 Å². The number of ether oxygens (including phenoxy) is 1. The minimum atomic E-state index is 0.789. The highest BCUT2D eigenvalue weighted by atomic mass is 35.5. The van der Waals surface area contributed by atoms with Crippen molar-refractivity contribution in [2.45, 2.75) is 13.8 Å². The van der Waals surface area contributed by atoms with Crippen LogP contribution in [0.3, 0.4) is 0 Å². The molecule has 1 aromatic carbocycles. The second-order valence-corrected chi connectivity index (χ2v) is 5.32. The molecule has 2 aromatic rings. The molecular weight excluding hydrogens is 260 g/mol. The molecule has 1 saturated heterocycles. The summed E-state index contributed by atoms with van der Waals surface area (Å²) in [5, 5.41) is 1.85. The van der Waals surface area contributed by atoms with Gasteiger partial charge in [-0.3, -0.25) is 4.98 Å². The second kappa shape index (κ2) is 4.99. The molecule has 1 aliphatic heterocycles. The summed E-state index contributed by atoms with van der Waals surface area (Å²) in [4.78, 5) is 6.92. The van der Waals surface area contributed by atoms with E-state index in [1.54, 1.807) is 0 Å². The van der Waals surface area contributed by atoms with E-state index in [4.69, 9.17) is 16.3 Å². The third-order valence-electron chi connectivity index (χ3n) is 3.75. The number of aromatic nitrogens is 1. The van der Waals surface area contributed by atoms with Crippen LogP contribution < -0.4 is 4.90 Å². The predicted octanol–water partition coefficient (Wildman–Crippen LogP) is 3.34. The summed E-state index contributed by atoms with van der Waals surface area (Å²) in [5.41, 5.74) is 4.22. The summed E-state index contributed by atoms with van der Waals surface area (Å²) in [7, 11) is 0. The van der Waals surface area contributed by atoms with Crippen LogP contribution in [0.15, 0.2) is 18.2 Å². The van der Waals surface area contributed by atoms with Crippen molar-refractivity contribution in [3.63, 3.8) is 0 Å². The Balaban J connectivity index is 2.09. The fraction of sp³-hybridized carbons (Fsp3) is 0.400. The average molecular weight is 277 g/mol. The number of halogens is 1. The minimum absolute atomic E-state index is 0.789. The fourth-order valence-electron chi connectivity index (χ4n) is 2.44. The van der Waals surface area contributed by atoms with Crippen LogP contribution in [0.25, 0.3) is 10.9 Å². The van der Waals surface area contributed by atoms with Gasteiger partial charge in [0.25, 0.3) is 0 Å². The van der Waals surface area contributed by atoms with Gasteiger partial charge in [-0.15, -0.1) is 0 Å². The van der Waals surface area contributed by atoms with Crippen molar-refractivity contribution in [2.75, 3.05) is 31.2 Å². The summed E-state index contributed by atoms with van der Waals surface area (Å²) in [5.74, 6) is 0. The van der Waals surface area contributed by atoms with Gasteiger partial charge in [0.2, 0.25) is 0 Å². The Bertz CT molecular complexity index is 621. The van der Waals surface area contributed by atoms with Crippen molar-refractivity contribution < 1.29 is 4.74 Å². The summed E-state index contributed by atoms with van der Waals surface area (Å²) in [6.07, 6.45) is 0. The number of benzene rings is 1. The highest BCUT2D eigenvalue weighted by Crippen LogP contribution is 2.30. The molecule has 3 nitrogen and oxygen atoms in total. The van der Waals surface area contributed by atoms with E-state index in [1.165, 1.54) is 5.69 Å². The lowest BCUT2D eigenvalue weighted by atomic mass is 10.1. The first kappa shape index (κ1) is 12.7. The van der Waals surface area contributed by atoms with E-state index in [0.29, 0.717) is 0 Å². The molecule has 0 saturated carbocycles. The molecule has 1 fully saturated rings. The van der Waals surface area contributed by atoms with Crippen LogP contribution in [0.4, 0.5) is 5.69 Å². The van der Waals surface area contributed by atoms with Crippen LogP contribution >= 0.6 is 11.6 Å². The quantitative estimate of drug-likeness (QED) is 0.799. The third kappa shape index (κ3) is 2.28. The van der Waals surface area contributed by atoms with Crippen molar-refractivity contribution in [2.24, 2.45) is 0 Å². The number of aryl methyl sites for hydroxylation is 1. The first-order valence-electron chi connectivity index (χ1n) is 6.56. The Labute approximate surface area is 118 Å². The largest absolute Gasteiger partial charge is 0.378 e. The van der Waals surface area contributed by atoms with Crippen LogP contribution in [0.5, 0.6) is 0 Å². The van der Waals surface area contributed by atoms with Crippen molar-refractivity contribution in [1.29, 1.82) is 0 Å². The Hall–Kier alpha value is -1.32. The van der Waals surface area contributed by atoms with Gasteiger partial charge in [-0.1, -0.05) is 11.6 Å². The van der Waals surface area contributed by atoms with Crippen LogP contribution in [0, 0.1) is 13.8 Å². The molecule has 0 radical (unpaired) electrons. The van der Waals surface area contributed by atoms with E-state index in [9.17, 15) is 0 Å². The molecule has 0 N–H and O–H groups in total. The maximum atomic E-state index is 6.46. The van der Waals surface area contributed by atoms with Crippen LogP contribution in [-0.2, 0) is 4.74 Å². The summed E-state index contributed by atoms with van der Waals surface area (Å²) in [6.45, 7) is 7.46. The van der Waals surface area contributed by atoms with Crippen LogP contribution in [-0.4, -0.2) is 31.3 Å². The van der Waals surface area contributed by atoms with Gasteiger partial charge in [-0.2, -0.15) is 0 Å². The molecule has 0 bridgehead atoms. The summed E-state index contributed by atoms with van der Waals surface area (Å²) < 4.78 is 5.39. The predicted molar refractivity (Wildman–Crippen MR) is 79.3 cm³/mol. The molecule has 0 amide bonds. The molecule has 1 aliphatic rings. The Morgan fingerprint density at radius 1 is 1.21 bits per heavy atom. The van der Waals surface area contributed by atoms with Gasteiger partial charge < -0.3 is 9.64 Å². The average Bonchev–Trinajstić information content (AvgIpc) is 2.46. The molecule has 0 spiro atoms. The molecule has 0 unspecified atom stereocenters. The Morgan fingerprint density at radius 3 is 2.68 bits per heavy atom. The molecule has 2 heterocycles. The molecular formula is C15H17ClN2O. The number of hydrogen-bond donors (Lipinski definition) is 0. The lowest BCUT2D eigenvalue weighted by molar-refractivity contribution is 0.122. The van der Waals surface area contributed by atoms with Gasteiger partial charge in [0.15, 0.2) is 0 Å². The number of rotatable bonds is 1. The standard InChI is InChI=1S/C15H17ClN2O/c1-10-11(2)17-14-4-3-12(9-13(14)15(10)16)18-5-7-19-8-6-18/h3-4,9H,5-8H2,1-2H3. The number of anilines is 1. The van der Waals surface area contributed by atoms with Crippen molar-refractivity contribution in [1.82, 2.24) is 4.98 Å². The van der Waals surface area contributed by atoms with Gasteiger partial charge >= 0.3 is 0 Å². The summed E-state index contributed by atoms with van der Waals surface area (Å²) >= 11 is 6.46. The smallest absolute Gasteiger partial charge is 0.0721 e. The van der Waals surface area contributed by atoms with E-state index in [1.807, 2.05) is 13.8 Å². The zero-order valence-electron chi connectivity index (χ0n) is 11.2. The second-order valence-electron chi connectivity index (χ2n) is 4.94. The van der Waals surface area contributed by atoms with Crippen molar-refractivity contribution in [3.8, 4) is 0 Å². The first-order valence-corrected chi connectivity index (χ1v) is 6.94. The lowest BCUT2D eigenvalue weighted by Crippen LogP contribution is -2.36. The molecule has 100 valence electrons. The van der Waals surface area contributed by atoms with E-state index in [-0.39, 0.29) is 0 Å². The molecule has 0 atom stereocenters. The molecule has 1 aromatic heterocycles. The lowest BCUT2D eigenvalue weighted by Gasteiger charge is -2.29. The van der Waals surface area contributed by atoms with Crippen LogP contribution in [0.1, 0.15) is 11.3 Å². The first-order chi connectivity index (χ1) is 9.16. The maximum absolute atomic E-state index is 6.46. The van der Waals surface area contributed by atoms with E-state index < -0.39 is 0 Å². The van der Waals surface area contributed by atoms with Crippen LogP contribution in [0.2, 0.25) is 5.02 Å². The maximum Gasteiger partial charge on any atom is 0.0721 e. The molecule has 0 aliphatic carbocycles. The zero-order chi connectivity index (χ0) is 13.4. The molecule has 3 rings (SSSR count). The van der Waals surface area contributed by atoms with E-state index in [0.717, 1.165) is 53.5 Å². The minimum Gasteiger partial charge on any atom is -0.378 e. The Kier molecular flexibility index (Phi) is 3.33. The molecule has 4 heteroatoms. The van der Waals surface area contributed by atoms with Gasteiger partial charge in [0.1, 0.15) is 0 Å². The van der Waals surface area contributed by atoms with Gasteiger partial charge in [0, 0.05) is 29.9 Å². The number of nitrogens with zero attached hydrogens (tertiary/aromatic N) is 2. The number of hydrogen-bond acceptors (Lipinski definition) is 3. The number of pyridine rings is 1. The van der Waals surface area contributed by atoms with Gasteiger partial charge in [-0.05, 0) is 37.6 Å². The zero-order valence-corrected chi connectivity index (χ0v) is 12.0. The third-order valence-corrected chi connectivity index (χ3v) is 4.24. The van der Waals surface area contributed by atoms with Gasteiger partial charge in [0.05, 0.1) is 23.8 Å². The number of fused-ring (bicyclic) bond motifs is 1.